The van der Waals surface area contributed by atoms with E-state index in [-0.39, 0.29) is 17.4 Å². The molecule has 0 fully saturated rings. The number of amides is 1. The van der Waals surface area contributed by atoms with E-state index in [2.05, 4.69) is 17.4 Å². The summed E-state index contributed by atoms with van der Waals surface area (Å²) >= 11 is 0. The van der Waals surface area contributed by atoms with Crippen molar-refractivity contribution in [3.05, 3.63) is 35.9 Å². The molecule has 1 atom stereocenters. The van der Waals surface area contributed by atoms with Gasteiger partial charge in [-0.25, -0.2) is 0 Å². The van der Waals surface area contributed by atoms with Crippen LogP contribution in [0.4, 0.5) is 0 Å². The lowest BCUT2D eigenvalue weighted by atomic mass is 9.95. The van der Waals surface area contributed by atoms with Crippen molar-refractivity contribution >= 4 is 5.91 Å². The summed E-state index contributed by atoms with van der Waals surface area (Å²) in [6.07, 6.45) is 0.878. The number of hydrogen-bond acceptors (Lipinski definition) is 1. The molecule has 2 heteroatoms. The standard InChI is InChI=1S/C14H21NO/c1-11(15-13(16)14(2,3)4)10-12-8-6-5-7-9-12/h5-9,11H,10H2,1-4H3,(H,15,16). The van der Waals surface area contributed by atoms with E-state index in [0.29, 0.717) is 0 Å². The van der Waals surface area contributed by atoms with Gasteiger partial charge >= 0.3 is 0 Å². The Kier molecular flexibility index (Phi) is 4.11. The van der Waals surface area contributed by atoms with Gasteiger partial charge in [0, 0.05) is 11.5 Å². The molecule has 88 valence electrons. The third kappa shape index (κ3) is 4.05. The van der Waals surface area contributed by atoms with Gasteiger partial charge in [-0.3, -0.25) is 4.79 Å². The van der Waals surface area contributed by atoms with E-state index in [4.69, 9.17) is 0 Å². The van der Waals surface area contributed by atoms with Crippen molar-refractivity contribution < 1.29 is 4.79 Å². The summed E-state index contributed by atoms with van der Waals surface area (Å²) in [6, 6.07) is 10.4. The lowest BCUT2D eigenvalue weighted by Gasteiger charge is -2.21. The van der Waals surface area contributed by atoms with Gasteiger partial charge in [-0.1, -0.05) is 51.1 Å². The van der Waals surface area contributed by atoms with Crippen molar-refractivity contribution in [3.8, 4) is 0 Å². The predicted octanol–water partition coefficient (Wildman–Crippen LogP) is 2.78. The maximum Gasteiger partial charge on any atom is 0.225 e. The molecule has 0 saturated carbocycles. The minimum absolute atomic E-state index is 0.107. The fourth-order valence-electron chi connectivity index (χ4n) is 1.46. The summed E-state index contributed by atoms with van der Waals surface area (Å²) < 4.78 is 0. The van der Waals surface area contributed by atoms with Crippen molar-refractivity contribution in [2.75, 3.05) is 0 Å². The molecule has 1 aromatic carbocycles. The van der Waals surface area contributed by atoms with E-state index < -0.39 is 0 Å². The van der Waals surface area contributed by atoms with Gasteiger partial charge in [0.15, 0.2) is 0 Å². The number of rotatable bonds is 3. The number of benzene rings is 1. The summed E-state index contributed by atoms with van der Waals surface area (Å²) in [5.74, 6) is 0.107. The van der Waals surface area contributed by atoms with E-state index in [1.54, 1.807) is 0 Å². The summed E-state index contributed by atoms with van der Waals surface area (Å²) in [5, 5.41) is 3.03. The molecular formula is C14H21NO. The molecule has 1 aromatic rings. The molecule has 0 saturated heterocycles. The molecule has 16 heavy (non-hydrogen) atoms. The molecule has 1 rings (SSSR count). The quantitative estimate of drug-likeness (QED) is 0.832. The zero-order chi connectivity index (χ0) is 12.2. The maximum atomic E-state index is 11.8. The summed E-state index contributed by atoms with van der Waals surface area (Å²) in [6.45, 7) is 7.82. The first-order chi connectivity index (χ1) is 7.39. The Morgan fingerprint density at radius 2 is 1.81 bits per heavy atom. The molecule has 0 heterocycles. The SMILES string of the molecule is CC(Cc1ccccc1)NC(=O)C(C)(C)C. The second kappa shape index (κ2) is 5.15. The van der Waals surface area contributed by atoms with Gasteiger partial charge < -0.3 is 5.32 Å². The van der Waals surface area contributed by atoms with Crippen LogP contribution in [0.25, 0.3) is 0 Å². The second-order valence-corrected chi connectivity index (χ2v) is 5.31. The normalized spacial score (nSPS) is 13.2. The first-order valence-electron chi connectivity index (χ1n) is 5.74. The average molecular weight is 219 g/mol. The lowest BCUT2D eigenvalue weighted by molar-refractivity contribution is -0.129. The Hall–Kier alpha value is -1.31. The van der Waals surface area contributed by atoms with Crippen molar-refractivity contribution in [3.63, 3.8) is 0 Å². The van der Waals surface area contributed by atoms with E-state index in [1.165, 1.54) is 5.56 Å². The van der Waals surface area contributed by atoms with Crippen LogP contribution in [0, 0.1) is 5.41 Å². The second-order valence-electron chi connectivity index (χ2n) is 5.31. The summed E-state index contributed by atoms with van der Waals surface area (Å²) in [7, 11) is 0. The Labute approximate surface area is 98.1 Å². The number of hydrogen-bond donors (Lipinski definition) is 1. The Morgan fingerprint density at radius 1 is 1.25 bits per heavy atom. The minimum atomic E-state index is -0.315. The van der Waals surface area contributed by atoms with Crippen LogP contribution >= 0.6 is 0 Å². The summed E-state index contributed by atoms with van der Waals surface area (Å²) in [5.41, 5.74) is 0.939. The highest BCUT2D eigenvalue weighted by molar-refractivity contribution is 5.81. The molecule has 0 spiro atoms. The minimum Gasteiger partial charge on any atom is -0.353 e. The van der Waals surface area contributed by atoms with E-state index >= 15 is 0 Å². The van der Waals surface area contributed by atoms with Crippen LogP contribution in [-0.2, 0) is 11.2 Å². The van der Waals surface area contributed by atoms with E-state index in [0.717, 1.165) is 6.42 Å². The highest BCUT2D eigenvalue weighted by Gasteiger charge is 2.22. The molecule has 1 amide bonds. The highest BCUT2D eigenvalue weighted by Crippen LogP contribution is 2.13. The smallest absolute Gasteiger partial charge is 0.225 e. The molecule has 1 N–H and O–H groups in total. The monoisotopic (exact) mass is 219 g/mol. The Bertz CT molecular complexity index is 338. The van der Waals surface area contributed by atoms with Gasteiger partial charge in [-0.15, -0.1) is 0 Å². The van der Waals surface area contributed by atoms with Crippen molar-refractivity contribution in [1.29, 1.82) is 0 Å². The van der Waals surface area contributed by atoms with Gasteiger partial charge in [0.25, 0.3) is 0 Å². The van der Waals surface area contributed by atoms with E-state index in [9.17, 15) is 4.79 Å². The number of carbonyl (C=O) groups excluding carboxylic acids is 1. The first kappa shape index (κ1) is 12.8. The van der Waals surface area contributed by atoms with Crippen molar-refractivity contribution in [2.24, 2.45) is 5.41 Å². The van der Waals surface area contributed by atoms with E-state index in [1.807, 2.05) is 45.9 Å². The molecule has 0 aliphatic rings. The molecule has 0 aliphatic heterocycles. The molecule has 0 aliphatic carbocycles. The molecular weight excluding hydrogens is 198 g/mol. The van der Waals surface area contributed by atoms with Crippen LogP contribution in [0.2, 0.25) is 0 Å². The predicted molar refractivity (Wildman–Crippen MR) is 67.2 cm³/mol. The van der Waals surface area contributed by atoms with Crippen molar-refractivity contribution in [1.82, 2.24) is 5.32 Å². The van der Waals surface area contributed by atoms with Gasteiger partial charge in [0.2, 0.25) is 5.91 Å². The van der Waals surface area contributed by atoms with Gasteiger partial charge in [-0.05, 0) is 18.9 Å². The Morgan fingerprint density at radius 3 is 2.31 bits per heavy atom. The molecule has 0 aromatic heterocycles. The van der Waals surface area contributed by atoms with Crippen LogP contribution in [0.1, 0.15) is 33.3 Å². The first-order valence-corrected chi connectivity index (χ1v) is 5.74. The maximum absolute atomic E-state index is 11.8. The lowest BCUT2D eigenvalue weighted by Crippen LogP contribution is -2.41. The fraction of sp³-hybridized carbons (Fsp3) is 0.500. The Balaban J connectivity index is 2.49. The zero-order valence-electron chi connectivity index (χ0n) is 10.6. The number of nitrogens with one attached hydrogen (secondary N) is 1. The molecule has 0 bridgehead atoms. The van der Waals surface area contributed by atoms with Crippen LogP contribution in [0.5, 0.6) is 0 Å². The third-order valence-electron chi connectivity index (χ3n) is 2.44. The molecule has 1 unspecified atom stereocenters. The average Bonchev–Trinajstić information content (AvgIpc) is 2.17. The number of carbonyl (C=O) groups is 1. The highest BCUT2D eigenvalue weighted by atomic mass is 16.2. The summed E-state index contributed by atoms with van der Waals surface area (Å²) in [4.78, 5) is 11.8. The van der Waals surface area contributed by atoms with Gasteiger partial charge in [0.05, 0.1) is 0 Å². The van der Waals surface area contributed by atoms with Crippen molar-refractivity contribution in [2.45, 2.75) is 40.2 Å². The zero-order valence-corrected chi connectivity index (χ0v) is 10.6. The van der Waals surface area contributed by atoms with Gasteiger partial charge in [-0.2, -0.15) is 0 Å². The molecule has 2 nitrogen and oxygen atoms in total. The van der Waals surface area contributed by atoms with Gasteiger partial charge in [0.1, 0.15) is 0 Å². The van der Waals surface area contributed by atoms with Crippen LogP contribution in [0.3, 0.4) is 0 Å². The van der Waals surface area contributed by atoms with Crippen LogP contribution in [-0.4, -0.2) is 11.9 Å². The topological polar surface area (TPSA) is 29.1 Å². The molecule has 0 radical (unpaired) electrons. The largest absolute Gasteiger partial charge is 0.353 e. The third-order valence-corrected chi connectivity index (χ3v) is 2.44. The van der Waals surface area contributed by atoms with Crippen LogP contribution < -0.4 is 5.32 Å². The van der Waals surface area contributed by atoms with Crippen LogP contribution in [0.15, 0.2) is 30.3 Å². The fourth-order valence-corrected chi connectivity index (χ4v) is 1.46.